The van der Waals surface area contributed by atoms with Gasteiger partial charge in [-0.05, 0) is 19.1 Å². The monoisotopic (exact) mass is 335 g/mol. The summed E-state index contributed by atoms with van der Waals surface area (Å²) in [5.41, 5.74) is 5.87. The Morgan fingerprint density at radius 3 is 2.67 bits per heavy atom. The Bertz CT molecular complexity index is 670. The topological polar surface area (TPSA) is 131 Å². The molecule has 0 radical (unpaired) electrons. The van der Waals surface area contributed by atoms with Gasteiger partial charge in [0.15, 0.2) is 0 Å². The van der Waals surface area contributed by atoms with Gasteiger partial charge in [0.1, 0.15) is 5.75 Å². The van der Waals surface area contributed by atoms with Crippen LogP contribution in [-0.4, -0.2) is 47.2 Å². The predicted molar refractivity (Wildman–Crippen MR) is 80.9 cm³/mol. The van der Waals surface area contributed by atoms with Gasteiger partial charge in [0, 0.05) is 6.54 Å². The number of benzene rings is 1. The average molecular weight is 335 g/mol. The number of carbonyl (C=O) groups is 3. The van der Waals surface area contributed by atoms with E-state index in [0.717, 1.165) is 11.6 Å². The number of urea groups is 1. The number of nitrogens with one attached hydrogen (secondary N) is 1. The highest BCUT2D eigenvalue weighted by Gasteiger charge is 2.34. The lowest BCUT2D eigenvalue weighted by molar-refractivity contribution is -0.138. The van der Waals surface area contributed by atoms with E-state index < -0.39 is 23.8 Å². The molecule has 0 saturated carbocycles. The summed E-state index contributed by atoms with van der Waals surface area (Å²) in [5.74, 6) is -0.884. The van der Waals surface area contributed by atoms with E-state index in [1.54, 1.807) is 12.1 Å². The molecule has 1 heterocycles. The molecule has 128 valence electrons. The number of primary amides is 1. The molecule has 0 fully saturated rings. The van der Waals surface area contributed by atoms with Crippen LogP contribution in [-0.2, 0) is 14.3 Å². The van der Waals surface area contributed by atoms with Gasteiger partial charge in [0.05, 0.1) is 12.6 Å². The van der Waals surface area contributed by atoms with E-state index in [9.17, 15) is 14.4 Å². The number of amides is 3. The summed E-state index contributed by atoms with van der Waals surface area (Å²) in [6.07, 6.45) is -0.280. The van der Waals surface area contributed by atoms with Gasteiger partial charge in [-0.2, -0.15) is 0 Å². The lowest BCUT2D eigenvalue weighted by Gasteiger charge is -2.15. The number of hydrogen-bond acceptors (Lipinski definition) is 6. The minimum Gasteiger partial charge on any atom is -0.443 e. The lowest BCUT2D eigenvalue weighted by Crippen LogP contribution is -2.43. The minimum atomic E-state index is -1.37. The van der Waals surface area contributed by atoms with Crippen molar-refractivity contribution in [2.24, 2.45) is 5.73 Å². The molecule has 24 heavy (non-hydrogen) atoms. The maximum absolute atomic E-state index is 11.9. The number of rotatable bonds is 6. The van der Waals surface area contributed by atoms with Crippen molar-refractivity contribution in [3.63, 3.8) is 0 Å². The Balaban J connectivity index is 1.84. The maximum atomic E-state index is 11.9. The third-order valence-electron chi connectivity index (χ3n) is 3.11. The van der Waals surface area contributed by atoms with Crippen LogP contribution in [0.4, 0.5) is 4.79 Å². The number of nitrogens with two attached hydrogens (primary N) is 1. The van der Waals surface area contributed by atoms with Gasteiger partial charge in [-0.15, -0.1) is 0 Å². The summed E-state index contributed by atoms with van der Waals surface area (Å²) in [6, 6.07) is 6.02. The first-order chi connectivity index (χ1) is 11.4. The van der Waals surface area contributed by atoms with Crippen LogP contribution in [0.3, 0.4) is 0 Å². The van der Waals surface area contributed by atoms with Crippen LogP contribution in [0.15, 0.2) is 36.3 Å². The minimum absolute atomic E-state index is 0.0788. The second kappa shape index (κ2) is 7.47. The summed E-state index contributed by atoms with van der Waals surface area (Å²) < 4.78 is 10.6. The van der Waals surface area contributed by atoms with Crippen LogP contribution in [0.2, 0.25) is 0 Å². The van der Waals surface area contributed by atoms with Crippen LogP contribution in [0.25, 0.3) is 0 Å². The zero-order valence-corrected chi connectivity index (χ0v) is 12.9. The largest absolute Gasteiger partial charge is 0.443 e. The molecular formula is C15H17N3O6. The van der Waals surface area contributed by atoms with Crippen LogP contribution in [0.5, 0.6) is 5.75 Å². The Labute approximate surface area is 137 Å². The second-order valence-electron chi connectivity index (χ2n) is 5.03. The molecule has 1 aromatic carbocycles. The van der Waals surface area contributed by atoms with Gasteiger partial charge in [-0.1, -0.05) is 17.7 Å². The molecule has 9 nitrogen and oxygen atoms in total. The summed E-state index contributed by atoms with van der Waals surface area (Å²) in [7, 11) is 0. The number of aryl methyl sites for hydroxylation is 1. The van der Waals surface area contributed by atoms with Gasteiger partial charge in [0.2, 0.25) is 11.9 Å². The first-order valence-electron chi connectivity index (χ1n) is 7.07. The summed E-state index contributed by atoms with van der Waals surface area (Å²) >= 11 is 0. The summed E-state index contributed by atoms with van der Waals surface area (Å²) in [4.78, 5) is 34.3. The van der Waals surface area contributed by atoms with Crippen molar-refractivity contribution in [2.75, 3.05) is 13.1 Å². The van der Waals surface area contributed by atoms with Crippen molar-refractivity contribution in [3.8, 4) is 5.75 Å². The van der Waals surface area contributed by atoms with Gasteiger partial charge in [0.25, 0.3) is 11.9 Å². The Morgan fingerprint density at radius 2 is 2.04 bits per heavy atom. The highest BCUT2D eigenvalue weighted by atomic mass is 16.7. The molecule has 0 spiro atoms. The molecule has 2 rings (SSSR count). The van der Waals surface area contributed by atoms with Crippen LogP contribution in [0.1, 0.15) is 5.56 Å². The van der Waals surface area contributed by atoms with Gasteiger partial charge < -0.3 is 20.5 Å². The normalized spacial score (nSPS) is 16.2. The van der Waals surface area contributed by atoms with E-state index in [2.05, 4.69) is 5.32 Å². The van der Waals surface area contributed by atoms with Gasteiger partial charge in [-0.25, -0.2) is 9.86 Å². The molecule has 0 bridgehead atoms. The smallest absolute Gasteiger partial charge is 0.338 e. The number of ether oxygens (including phenoxy) is 2. The highest BCUT2D eigenvalue weighted by Crippen LogP contribution is 2.20. The first-order valence-corrected chi connectivity index (χ1v) is 7.07. The molecule has 1 aliphatic rings. The maximum Gasteiger partial charge on any atom is 0.338 e. The zero-order valence-electron chi connectivity index (χ0n) is 12.9. The number of hydrogen-bond donors (Lipinski definition) is 3. The molecule has 3 amide bonds. The van der Waals surface area contributed by atoms with E-state index in [1.165, 1.54) is 0 Å². The average Bonchev–Trinajstić information content (AvgIpc) is 2.89. The molecule has 1 aromatic rings. The van der Waals surface area contributed by atoms with Crippen LogP contribution in [0, 0.1) is 6.92 Å². The number of hydroxylamine groups is 2. The van der Waals surface area contributed by atoms with E-state index in [0.29, 0.717) is 5.75 Å². The van der Waals surface area contributed by atoms with E-state index in [-0.39, 0.29) is 24.1 Å². The molecule has 0 aliphatic carbocycles. The van der Waals surface area contributed by atoms with Crippen molar-refractivity contribution in [1.29, 1.82) is 0 Å². The standard InChI is InChI=1S/C15H17N3O6/c1-9-2-4-10(5-3-9)23-12-8-11(19)13(24-12)14(20)17-6-7-18(22)15(16)21/h2-5,8,13,22H,6-7H2,1H3,(H2,16,21)(H,17,20). The lowest BCUT2D eigenvalue weighted by atomic mass is 10.2. The van der Waals surface area contributed by atoms with Crippen molar-refractivity contribution in [2.45, 2.75) is 13.0 Å². The number of nitrogens with zero attached hydrogens (tertiary/aromatic N) is 1. The summed E-state index contributed by atoms with van der Waals surface area (Å²) in [5, 5.41) is 11.6. The van der Waals surface area contributed by atoms with Crippen LogP contribution >= 0.6 is 0 Å². The number of ketones is 1. The van der Waals surface area contributed by atoms with E-state index >= 15 is 0 Å². The molecule has 1 aliphatic heterocycles. The predicted octanol–water partition coefficient (Wildman–Crippen LogP) is 0.0692. The molecule has 0 saturated heterocycles. The van der Waals surface area contributed by atoms with E-state index in [4.69, 9.17) is 20.4 Å². The Morgan fingerprint density at radius 1 is 1.38 bits per heavy atom. The van der Waals surface area contributed by atoms with Crippen molar-refractivity contribution < 1.29 is 29.1 Å². The fourth-order valence-corrected chi connectivity index (χ4v) is 1.85. The van der Waals surface area contributed by atoms with Crippen molar-refractivity contribution in [3.05, 3.63) is 41.9 Å². The molecule has 1 atom stereocenters. The zero-order chi connectivity index (χ0) is 17.7. The fraction of sp³-hybridized carbons (Fsp3) is 0.267. The molecule has 1 unspecified atom stereocenters. The Kier molecular flexibility index (Phi) is 5.38. The number of carbonyl (C=O) groups excluding carboxylic acids is 3. The SMILES string of the molecule is Cc1ccc(OC2=CC(=O)C(C(=O)NCCN(O)C(N)=O)O2)cc1. The summed E-state index contributed by atoms with van der Waals surface area (Å²) in [6.45, 7) is 1.60. The molecule has 4 N–H and O–H groups in total. The third-order valence-corrected chi connectivity index (χ3v) is 3.11. The molecule has 0 aromatic heterocycles. The van der Waals surface area contributed by atoms with Crippen LogP contribution < -0.4 is 15.8 Å². The Hall–Kier alpha value is -3.07. The quantitative estimate of drug-likeness (QED) is 0.383. The van der Waals surface area contributed by atoms with E-state index in [1.807, 2.05) is 19.1 Å². The van der Waals surface area contributed by atoms with Crippen molar-refractivity contribution in [1.82, 2.24) is 10.4 Å². The van der Waals surface area contributed by atoms with Gasteiger partial charge >= 0.3 is 6.03 Å². The van der Waals surface area contributed by atoms with Crippen molar-refractivity contribution >= 4 is 17.7 Å². The molecule has 9 heteroatoms. The first kappa shape index (κ1) is 17.3. The fourth-order valence-electron chi connectivity index (χ4n) is 1.85. The van der Waals surface area contributed by atoms with Gasteiger partial charge in [-0.3, -0.25) is 14.8 Å². The highest BCUT2D eigenvalue weighted by molar-refractivity contribution is 6.11. The third kappa shape index (κ3) is 4.46. The molecular weight excluding hydrogens is 318 g/mol. The second-order valence-corrected chi connectivity index (χ2v) is 5.03.